The molecule has 1 rings (SSSR count). The van der Waals surface area contributed by atoms with Gasteiger partial charge >= 0.3 is 0 Å². The second-order valence-electron chi connectivity index (χ2n) is 7.58. The summed E-state index contributed by atoms with van der Waals surface area (Å²) < 4.78 is 11.0. The smallest absolute Gasteiger partial charge is 0.240 e. The summed E-state index contributed by atoms with van der Waals surface area (Å²) in [7, 11) is 0. The van der Waals surface area contributed by atoms with Crippen molar-refractivity contribution in [2.75, 3.05) is 19.8 Å². The van der Waals surface area contributed by atoms with Crippen molar-refractivity contribution in [3.05, 3.63) is 24.2 Å². The Labute approximate surface area is 144 Å². The van der Waals surface area contributed by atoms with Gasteiger partial charge < -0.3 is 19.8 Å². The van der Waals surface area contributed by atoms with Gasteiger partial charge in [-0.25, -0.2) is 0 Å². The molecular formula is C18H30N2O4. The third-order valence-corrected chi connectivity index (χ3v) is 3.09. The maximum Gasteiger partial charge on any atom is 0.240 e. The maximum atomic E-state index is 12.1. The fourth-order valence-corrected chi connectivity index (χ4v) is 2.07. The van der Waals surface area contributed by atoms with Crippen molar-refractivity contribution >= 4 is 11.8 Å². The molecule has 0 aliphatic heterocycles. The van der Waals surface area contributed by atoms with E-state index in [1.54, 1.807) is 18.4 Å². The van der Waals surface area contributed by atoms with Crippen LogP contribution in [0.4, 0.5) is 0 Å². The highest BCUT2D eigenvalue weighted by atomic mass is 16.5. The van der Waals surface area contributed by atoms with Crippen LogP contribution in [0.25, 0.3) is 0 Å². The molecule has 1 aromatic heterocycles. The monoisotopic (exact) mass is 338 g/mol. The summed E-state index contributed by atoms with van der Waals surface area (Å²) in [5.41, 5.74) is -0.109. The highest BCUT2D eigenvalue weighted by molar-refractivity contribution is 5.85. The topological polar surface area (TPSA) is 80.6 Å². The van der Waals surface area contributed by atoms with E-state index in [2.05, 4.69) is 24.5 Å². The van der Waals surface area contributed by atoms with Gasteiger partial charge in [0.25, 0.3) is 0 Å². The van der Waals surface area contributed by atoms with Gasteiger partial charge in [-0.3, -0.25) is 9.59 Å². The summed E-state index contributed by atoms with van der Waals surface area (Å²) in [5.74, 6) is 0.637. The average Bonchev–Trinajstić information content (AvgIpc) is 2.96. The van der Waals surface area contributed by atoms with Crippen LogP contribution in [0, 0.1) is 11.3 Å². The molecule has 0 saturated carbocycles. The van der Waals surface area contributed by atoms with Gasteiger partial charge in [-0.1, -0.05) is 34.6 Å². The maximum absolute atomic E-state index is 12.1. The molecule has 1 unspecified atom stereocenters. The molecule has 1 atom stereocenters. The molecule has 0 aromatic carbocycles. The molecule has 2 amide bonds. The van der Waals surface area contributed by atoms with Gasteiger partial charge in [0.1, 0.15) is 11.8 Å². The number of hydrogen-bond donors (Lipinski definition) is 2. The van der Waals surface area contributed by atoms with Crippen molar-refractivity contribution in [3.63, 3.8) is 0 Å². The summed E-state index contributed by atoms with van der Waals surface area (Å²) >= 11 is 0. The number of furan rings is 1. The highest BCUT2D eigenvalue weighted by Crippen LogP contribution is 2.17. The Morgan fingerprint density at radius 2 is 1.92 bits per heavy atom. The molecule has 1 aromatic rings. The second-order valence-corrected chi connectivity index (χ2v) is 7.58. The van der Waals surface area contributed by atoms with Crippen molar-refractivity contribution < 1.29 is 18.7 Å². The quantitative estimate of drug-likeness (QED) is 0.725. The van der Waals surface area contributed by atoms with Crippen LogP contribution in [0.1, 0.15) is 52.8 Å². The van der Waals surface area contributed by atoms with E-state index < -0.39 is 0 Å². The first-order valence-electron chi connectivity index (χ1n) is 8.34. The molecule has 0 radical (unpaired) electrons. The van der Waals surface area contributed by atoms with Crippen molar-refractivity contribution in [2.24, 2.45) is 11.3 Å². The van der Waals surface area contributed by atoms with Crippen molar-refractivity contribution in [1.29, 1.82) is 0 Å². The predicted molar refractivity (Wildman–Crippen MR) is 92.3 cm³/mol. The average molecular weight is 338 g/mol. The van der Waals surface area contributed by atoms with Gasteiger partial charge in [0.15, 0.2) is 0 Å². The van der Waals surface area contributed by atoms with Gasteiger partial charge in [0.05, 0.1) is 19.4 Å². The number of ether oxygens (including phenoxy) is 1. The highest BCUT2D eigenvalue weighted by Gasteiger charge is 2.19. The third-order valence-electron chi connectivity index (χ3n) is 3.09. The summed E-state index contributed by atoms with van der Waals surface area (Å²) in [6.45, 7) is 10.9. The van der Waals surface area contributed by atoms with Gasteiger partial charge in [0, 0.05) is 13.0 Å². The Kier molecular flexibility index (Phi) is 7.98. The third kappa shape index (κ3) is 8.72. The zero-order valence-corrected chi connectivity index (χ0v) is 15.3. The lowest BCUT2D eigenvalue weighted by atomic mass is 9.92. The zero-order valence-electron chi connectivity index (χ0n) is 15.3. The molecule has 24 heavy (non-hydrogen) atoms. The lowest BCUT2D eigenvalue weighted by molar-refractivity contribution is -0.127. The summed E-state index contributed by atoms with van der Waals surface area (Å²) in [4.78, 5) is 23.9. The largest absolute Gasteiger partial charge is 0.467 e. The zero-order chi connectivity index (χ0) is 18.2. The van der Waals surface area contributed by atoms with Crippen molar-refractivity contribution in [1.82, 2.24) is 10.6 Å². The molecule has 0 fully saturated rings. The molecule has 0 spiro atoms. The van der Waals surface area contributed by atoms with Crippen LogP contribution in [-0.4, -0.2) is 31.6 Å². The minimum absolute atomic E-state index is 0.0592. The molecule has 0 saturated heterocycles. The molecule has 0 aliphatic carbocycles. The Morgan fingerprint density at radius 3 is 2.46 bits per heavy atom. The van der Waals surface area contributed by atoms with Crippen molar-refractivity contribution in [2.45, 2.75) is 47.1 Å². The Balaban J connectivity index is 2.47. The van der Waals surface area contributed by atoms with E-state index in [9.17, 15) is 9.59 Å². The van der Waals surface area contributed by atoms with Crippen molar-refractivity contribution in [3.8, 4) is 0 Å². The molecule has 2 N–H and O–H groups in total. The summed E-state index contributed by atoms with van der Waals surface area (Å²) in [5, 5.41) is 5.48. The van der Waals surface area contributed by atoms with Gasteiger partial charge in [-0.2, -0.15) is 0 Å². The Morgan fingerprint density at radius 1 is 1.21 bits per heavy atom. The van der Waals surface area contributed by atoms with Crippen LogP contribution >= 0.6 is 0 Å². The first kappa shape index (κ1) is 20.2. The standard InChI is InChI=1S/C18H30N2O4/c1-13(2)11-23-12-14(15-7-6-8-24-15)20-17(22)10-19-16(21)9-18(3,4)5/h6-8,13-14H,9-12H2,1-5H3,(H,19,21)(H,20,22). The van der Waals surface area contributed by atoms with E-state index >= 15 is 0 Å². The number of rotatable bonds is 9. The molecule has 1 heterocycles. The lowest BCUT2D eigenvalue weighted by Gasteiger charge is -2.19. The van der Waals surface area contributed by atoms with Crippen LogP contribution in [0.5, 0.6) is 0 Å². The van der Waals surface area contributed by atoms with Crippen LogP contribution in [-0.2, 0) is 14.3 Å². The van der Waals surface area contributed by atoms with E-state index in [0.717, 1.165) is 0 Å². The van der Waals surface area contributed by atoms with Crippen LogP contribution in [0.2, 0.25) is 0 Å². The van der Waals surface area contributed by atoms with Gasteiger partial charge in [-0.15, -0.1) is 0 Å². The van der Waals surface area contributed by atoms with Gasteiger partial charge in [0.2, 0.25) is 11.8 Å². The van der Waals surface area contributed by atoms with E-state index in [1.165, 1.54) is 0 Å². The normalized spacial score (nSPS) is 12.9. The second kappa shape index (κ2) is 9.47. The first-order valence-corrected chi connectivity index (χ1v) is 8.34. The van der Waals surface area contributed by atoms with Crippen LogP contribution in [0.3, 0.4) is 0 Å². The van der Waals surface area contributed by atoms with Crippen LogP contribution < -0.4 is 10.6 Å². The first-order chi connectivity index (χ1) is 11.2. The molecule has 136 valence electrons. The number of amides is 2. The van der Waals surface area contributed by atoms with Gasteiger partial charge in [-0.05, 0) is 23.5 Å². The fourth-order valence-electron chi connectivity index (χ4n) is 2.07. The molecule has 0 bridgehead atoms. The van der Waals surface area contributed by atoms with E-state index in [0.29, 0.717) is 31.3 Å². The number of nitrogens with one attached hydrogen (secondary N) is 2. The number of hydrogen-bond acceptors (Lipinski definition) is 4. The summed E-state index contributed by atoms with van der Waals surface area (Å²) in [6, 6.07) is 3.19. The minimum atomic E-state index is -0.370. The fraction of sp³-hybridized carbons (Fsp3) is 0.667. The minimum Gasteiger partial charge on any atom is -0.467 e. The van der Waals surface area contributed by atoms with E-state index in [1.807, 2.05) is 20.8 Å². The Hall–Kier alpha value is -1.82. The Bertz CT molecular complexity index is 504. The molecular weight excluding hydrogens is 308 g/mol. The number of carbonyl (C=O) groups excluding carboxylic acids is 2. The predicted octanol–water partition coefficient (Wildman–Crippen LogP) is 2.66. The lowest BCUT2D eigenvalue weighted by Crippen LogP contribution is -2.40. The molecule has 6 nitrogen and oxygen atoms in total. The number of carbonyl (C=O) groups is 2. The van der Waals surface area contributed by atoms with E-state index in [-0.39, 0.29) is 29.8 Å². The SMILES string of the molecule is CC(C)COCC(NC(=O)CNC(=O)CC(C)(C)C)c1ccco1. The molecule has 6 heteroatoms. The van der Waals surface area contributed by atoms with E-state index in [4.69, 9.17) is 9.15 Å². The van der Waals surface area contributed by atoms with Crippen LogP contribution in [0.15, 0.2) is 22.8 Å². The molecule has 0 aliphatic rings. The summed E-state index contributed by atoms with van der Waals surface area (Å²) in [6.07, 6.45) is 1.93.